The van der Waals surface area contributed by atoms with Crippen LogP contribution in [-0.2, 0) is 5.75 Å². The van der Waals surface area contributed by atoms with Crippen LogP contribution >= 0.6 is 11.8 Å². The summed E-state index contributed by atoms with van der Waals surface area (Å²) in [4.78, 5) is 1.29. The Morgan fingerprint density at radius 3 is 2.81 bits per heavy atom. The minimum Gasteiger partial charge on any atom is -0.313 e. The summed E-state index contributed by atoms with van der Waals surface area (Å²) < 4.78 is 13.6. The number of fused-ring (bicyclic) bond motifs is 2. The van der Waals surface area contributed by atoms with Crippen LogP contribution < -0.4 is 5.32 Å². The molecule has 0 atom stereocenters. The van der Waals surface area contributed by atoms with Gasteiger partial charge in [0.05, 0.1) is 0 Å². The van der Waals surface area contributed by atoms with E-state index in [0.717, 1.165) is 30.8 Å². The van der Waals surface area contributed by atoms with Gasteiger partial charge < -0.3 is 5.32 Å². The quantitative estimate of drug-likeness (QED) is 0.781. The van der Waals surface area contributed by atoms with Crippen molar-refractivity contribution in [2.45, 2.75) is 17.1 Å². The van der Waals surface area contributed by atoms with E-state index in [1.807, 2.05) is 6.07 Å². The number of hydrogen-bond donors (Lipinski definition) is 1. The maximum Gasteiger partial charge on any atom is 0.123 e. The lowest BCUT2D eigenvalue weighted by Crippen LogP contribution is -2.06. The minimum atomic E-state index is -0.144. The van der Waals surface area contributed by atoms with Gasteiger partial charge in [-0.3, -0.25) is 0 Å². The Morgan fingerprint density at radius 1 is 1.05 bits per heavy atom. The second kappa shape index (κ2) is 5.32. The van der Waals surface area contributed by atoms with Crippen molar-refractivity contribution in [2.24, 2.45) is 0 Å². The van der Waals surface area contributed by atoms with E-state index in [-0.39, 0.29) is 5.82 Å². The van der Waals surface area contributed by atoms with Crippen molar-refractivity contribution in [2.75, 3.05) is 13.1 Å². The topological polar surface area (TPSA) is 12.0 Å². The van der Waals surface area contributed by atoms with Crippen molar-refractivity contribution in [3.05, 3.63) is 70.5 Å². The van der Waals surface area contributed by atoms with Crippen LogP contribution in [0.5, 0.6) is 0 Å². The number of thioether (sulfide) groups is 1. The first-order chi connectivity index (χ1) is 10.3. The minimum absolute atomic E-state index is 0.144. The van der Waals surface area contributed by atoms with Crippen LogP contribution in [0.4, 0.5) is 4.39 Å². The average molecular weight is 297 g/mol. The molecule has 0 amide bonds. The van der Waals surface area contributed by atoms with Crippen molar-refractivity contribution in [1.29, 1.82) is 0 Å². The van der Waals surface area contributed by atoms with E-state index in [2.05, 4.69) is 29.6 Å². The van der Waals surface area contributed by atoms with Gasteiger partial charge in [0.1, 0.15) is 5.82 Å². The first-order valence-corrected chi connectivity index (χ1v) is 8.25. The summed E-state index contributed by atoms with van der Waals surface area (Å²) in [6.07, 6.45) is 1.07. The van der Waals surface area contributed by atoms with Gasteiger partial charge in [0.15, 0.2) is 0 Å². The lowest BCUT2D eigenvalue weighted by atomic mass is 9.90. The second-order valence-electron chi connectivity index (χ2n) is 5.49. The molecule has 0 unspecified atom stereocenters. The van der Waals surface area contributed by atoms with Crippen molar-refractivity contribution in [1.82, 2.24) is 5.32 Å². The molecule has 0 aromatic heterocycles. The Kier molecular flexibility index (Phi) is 3.32. The number of benzene rings is 2. The summed E-state index contributed by atoms with van der Waals surface area (Å²) in [5, 5.41) is 3.42. The third kappa shape index (κ3) is 2.30. The summed E-state index contributed by atoms with van der Waals surface area (Å²) in [6.45, 7) is 1.97. The predicted molar refractivity (Wildman–Crippen MR) is 85.9 cm³/mol. The molecule has 2 aliphatic heterocycles. The zero-order valence-corrected chi connectivity index (χ0v) is 12.5. The molecule has 3 heteroatoms. The first kappa shape index (κ1) is 13.1. The lowest BCUT2D eigenvalue weighted by molar-refractivity contribution is 0.626. The van der Waals surface area contributed by atoms with Gasteiger partial charge in [0.25, 0.3) is 0 Å². The standard InChI is InChI=1S/C18H16FNS/c19-14-5-6-15-13(9-14)11-21-17-4-2-1-3-16(17)18(15)12-7-8-20-10-12/h1-6,9,20H,7-8,10-11H2/b18-12+. The van der Waals surface area contributed by atoms with Gasteiger partial charge in [-0.25, -0.2) is 4.39 Å². The lowest BCUT2D eigenvalue weighted by Gasteiger charge is -2.14. The third-order valence-corrected chi connectivity index (χ3v) is 5.29. The van der Waals surface area contributed by atoms with Crippen LogP contribution in [0.3, 0.4) is 0 Å². The number of hydrogen-bond acceptors (Lipinski definition) is 2. The summed E-state index contributed by atoms with van der Waals surface area (Å²) in [7, 11) is 0. The van der Waals surface area contributed by atoms with E-state index in [9.17, 15) is 4.39 Å². The van der Waals surface area contributed by atoms with Crippen LogP contribution in [0.15, 0.2) is 52.9 Å². The molecule has 1 nitrogen and oxygen atoms in total. The molecule has 0 spiro atoms. The van der Waals surface area contributed by atoms with Crippen molar-refractivity contribution < 1.29 is 4.39 Å². The van der Waals surface area contributed by atoms with Gasteiger partial charge in [-0.05, 0) is 59.0 Å². The smallest absolute Gasteiger partial charge is 0.123 e. The van der Waals surface area contributed by atoms with E-state index >= 15 is 0 Å². The Labute approximate surface area is 128 Å². The molecular weight excluding hydrogens is 281 g/mol. The van der Waals surface area contributed by atoms with E-state index < -0.39 is 0 Å². The molecule has 0 saturated carbocycles. The number of nitrogens with one attached hydrogen (secondary N) is 1. The monoisotopic (exact) mass is 297 g/mol. The maximum absolute atomic E-state index is 13.6. The Balaban J connectivity index is 2.01. The Hall–Kier alpha value is -1.58. The molecular formula is C18H16FNS. The summed E-state index contributed by atoms with van der Waals surface area (Å²) >= 11 is 1.80. The second-order valence-corrected chi connectivity index (χ2v) is 6.51. The van der Waals surface area contributed by atoms with Gasteiger partial charge in [0.2, 0.25) is 0 Å². The number of halogens is 1. The molecule has 2 aliphatic rings. The highest BCUT2D eigenvalue weighted by atomic mass is 32.2. The predicted octanol–water partition coefficient (Wildman–Crippen LogP) is 4.23. The van der Waals surface area contributed by atoms with Gasteiger partial charge >= 0.3 is 0 Å². The van der Waals surface area contributed by atoms with E-state index in [1.54, 1.807) is 23.9 Å². The Morgan fingerprint density at radius 2 is 1.95 bits per heavy atom. The molecule has 4 rings (SSSR count). The molecule has 1 N–H and O–H groups in total. The highest BCUT2D eigenvalue weighted by molar-refractivity contribution is 7.98. The molecule has 21 heavy (non-hydrogen) atoms. The molecule has 2 aromatic carbocycles. The van der Waals surface area contributed by atoms with Crippen LogP contribution in [-0.4, -0.2) is 13.1 Å². The molecule has 0 bridgehead atoms. The van der Waals surface area contributed by atoms with Gasteiger partial charge in [-0.15, -0.1) is 11.8 Å². The summed E-state index contributed by atoms with van der Waals surface area (Å²) in [5.41, 5.74) is 6.36. The normalized spacial score (nSPS) is 20.8. The molecule has 0 aliphatic carbocycles. The van der Waals surface area contributed by atoms with E-state index in [1.165, 1.54) is 27.2 Å². The molecule has 2 aromatic rings. The van der Waals surface area contributed by atoms with Crippen molar-refractivity contribution in [3.8, 4) is 0 Å². The molecule has 1 fully saturated rings. The number of rotatable bonds is 0. The van der Waals surface area contributed by atoms with Crippen molar-refractivity contribution >= 4 is 17.3 Å². The van der Waals surface area contributed by atoms with E-state index in [0.29, 0.717) is 0 Å². The fourth-order valence-corrected chi connectivity index (χ4v) is 4.24. The van der Waals surface area contributed by atoms with Crippen molar-refractivity contribution in [3.63, 3.8) is 0 Å². The van der Waals surface area contributed by atoms with E-state index in [4.69, 9.17) is 0 Å². The fraction of sp³-hybridized carbons (Fsp3) is 0.222. The van der Waals surface area contributed by atoms with Crippen LogP contribution in [0.25, 0.3) is 5.57 Å². The van der Waals surface area contributed by atoms with Crippen LogP contribution in [0.2, 0.25) is 0 Å². The maximum atomic E-state index is 13.6. The molecule has 1 saturated heterocycles. The molecule has 2 heterocycles. The summed E-state index contributed by atoms with van der Waals surface area (Å²) in [6, 6.07) is 13.8. The fourth-order valence-electron chi connectivity index (χ4n) is 3.19. The highest BCUT2D eigenvalue weighted by Gasteiger charge is 2.23. The molecule has 106 valence electrons. The average Bonchev–Trinajstić information content (AvgIpc) is 2.97. The van der Waals surface area contributed by atoms with Crippen LogP contribution in [0, 0.1) is 5.82 Å². The largest absolute Gasteiger partial charge is 0.313 e. The zero-order valence-electron chi connectivity index (χ0n) is 11.7. The van der Waals surface area contributed by atoms with Gasteiger partial charge in [0, 0.05) is 17.2 Å². The third-order valence-electron chi connectivity index (χ3n) is 4.17. The Bertz CT molecular complexity index is 728. The van der Waals surface area contributed by atoms with Crippen LogP contribution in [0.1, 0.15) is 23.1 Å². The zero-order chi connectivity index (χ0) is 14.2. The SMILES string of the molecule is Fc1ccc2c(c1)CSc1ccccc1/C2=C1\CCNC1. The first-order valence-electron chi connectivity index (χ1n) is 7.26. The summed E-state index contributed by atoms with van der Waals surface area (Å²) in [5.74, 6) is 0.683. The van der Waals surface area contributed by atoms with Gasteiger partial charge in [-0.1, -0.05) is 24.3 Å². The highest BCUT2D eigenvalue weighted by Crippen LogP contribution is 2.42. The molecule has 0 radical (unpaired) electrons. The van der Waals surface area contributed by atoms with Gasteiger partial charge in [-0.2, -0.15) is 0 Å².